The molecule has 1 heterocycles. The predicted octanol–water partition coefficient (Wildman–Crippen LogP) is 4.61. The summed E-state index contributed by atoms with van der Waals surface area (Å²) < 4.78 is 14.0. The minimum absolute atomic E-state index is 0.176. The van der Waals surface area contributed by atoms with Gasteiger partial charge in [0, 0.05) is 21.7 Å². The summed E-state index contributed by atoms with van der Waals surface area (Å²) in [6.07, 6.45) is 0. The fraction of sp³-hybridized carbons (Fsp3) is 0. The lowest BCUT2D eigenvalue weighted by Crippen LogP contribution is -1.80. The van der Waals surface area contributed by atoms with Crippen LogP contribution < -0.4 is 0 Å². The number of H-pyrrole nitrogens is 1. The summed E-state index contributed by atoms with van der Waals surface area (Å²) >= 11 is 0. The number of nitrogens with one attached hydrogen (secondary N) is 1. The summed E-state index contributed by atoms with van der Waals surface area (Å²) in [5.74, 6) is -0.176. The summed E-state index contributed by atoms with van der Waals surface area (Å²) in [7, 11) is 0. The van der Waals surface area contributed by atoms with Crippen LogP contribution in [0.1, 0.15) is 0 Å². The van der Waals surface area contributed by atoms with Crippen LogP contribution in [0.2, 0.25) is 0 Å². The van der Waals surface area contributed by atoms with Gasteiger partial charge in [-0.2, -0.15) is 0 Å². The van der Waals surface area contributed by atoms with Gasteiger partial charge in [-0.1, -0.05) is 42.5 Å². The predicted molar refractivity (Wildman–Crippen MR) is 73.3 cm³/mol. The number of benzene rings is 3. The van der Waals surface area contributed by atoms with Crippen LogP contribution in [-0.4, -0.2) is 4.98 Å². The molecular formula is C16H10FN. The van der Waals surface area contributed by atoms with Gasteiger partial charge in [-0.3, -0.25) is 0 Å². The van der Waals surface area contributed by atoms with E-state index in [0.717, 1.165) is 27.2 Å². The van der Waals surface area contributed by atoms with Crippen LogP contribution in [-0.2, 0) is 0 Å². The maximum atomic E-state index is 14.0. The monoisotopic (exact) mass is 235 g/mol. The lowest BCUT2D eigenvalue weighted by atomic mass is 10.1. The number of para-hydroxylation sites is 1. The molecule has 0 fully saturated rings. The van der Waals surface area contributed by atoms with Crippen molar-refractivity contribution in [1.82, 2.24) is 4.98 Å². The summed E-state index contributed by atoms with van der Waals surface area (Å²) in [4.78, 5) is 3.32. The van der Waals surface area contributed by atoms with Gasteiger partial charge in [0.05, 0.1) is 5.52 Å². The van der Waals surface area contributed by atoms with E-state index in [1.165, 1.54) is 6.07 Å². The van der Waals surface area contributed by atoms with Crippen molar-refractivity contribution in [2.75, 3.05) is 0 Å². The van der Waals surface area contributed by atoms with Crippen molar-refractivity contribution >= 4 is 32.6 Å². The maximum Gasteiger partial charge on any atom is 0.133 e. The zero-order chi connectivity index (χ0) is 12.1. The van der Waals surface area contributed by atoms with Crippen molar-refractivity contribution in [3.8, 4) is 0 Å². The molecule has 0 saturated heterocycles. The van der Waals surface area contributed by atoms with Gasteiger partial charge in [0.15, 0.2) is 0 Å². The highest BCUT2D eigenvalue weighted by atomic mass is 19.1. The molecule has 1 nitrogen and oxygen atoms in total. The summed E-state index contributed by atoms with van der Waals surface area (Å²) in [6.45, 7) is 0. The first-order valence-electron chi connectivity index (χ1n) is 5.92. The van der Waals surface area contributed by atoms with Crippen molar-refractivity contribution in [2.24, 2.45) is 0 Å². The maximum absolute atomic E-state index is 14.0. The summed E-state index contributed by atoms with van der Waals surface area (Å²) in [6, 6.07) is 17.3. The quantitative estimate of drug-likeness (QED) is 0.458. The molecule has 3 aromatic carbocycles. The molecule has 86 valence electrons. The fourth-order valence-electron chi connectivity index (χ4n) is 2.65. The van der Waals surface area contributed by atoms with E-state index in [4.69, 9.17) is 0 Å². The Kier molecular flexibility index (Phi) is 1.78. The van der Waals surface area contributed by atoms with Crippen LogP contribution >= 0.6 is 0 Å². The summed E-state index contributed by atoms with van der Waals surface area (Å²) in [5, 5.41) is 3.81. The smallest absolute Gasteiger partial charge is 0.133 e. The first kappa shape index (κ1) is 9.66. The Balaban J connectivity index is 2.35. The van der Waals surface area contributed by atoms with Gasteiger partial charge in [-0.25, -0.2) is 4.39 Å². The molecule has 1 N–H and O–H groups in total. The molecule has 18 heavy (non-hydrogen) atoms. The molecule has 0 amide bonds. The number of halogens is 1. The van der Waals surface area contributed by atoms with Gasteiger partial charge in [-0.05, 0) is 17.5 Å². The van der Waals surface area contributed by atoms with E-state index in [9.17, 15) is 4.39 Å². The lowest BCUT2D eigenvalue weighted by molar-refractivity contribution is 0.640. The van der Waals surface area contributed by atoms with E-state index in [-0.39, 0.29) is 5.82 Å². The van der Waals surface area contributed by atoms with E-state index in [1.54, 1.807) is 6.07 Å². The van der Waals surface area contributed by atoms with Crippen LogP contribution in [0.3, 0.4) is 0 Å². The zero-order valence-corrected chi connectivity index (χ0v) is 9.57. The van der Waals surface area contributed by atoms with E-state index in [1.807, 2.05) is 30.3 Å². The molecule has 0 spiro atoms. The second kappa shape index (κ2) is 3.33. The minimum atomic E-state index is -0.176. The Bertz CT molecular complexity index is 889. The Morgan fingerprint density at radius 1 is 0.778 bits per heavy atom. The second-order valence-electron chi connectivity index (χ2n) is 4.50. The summed E-state index contributed by atoms with van der Waals surface area (Å²) in [5.41, 5.74) is 1.93. The Labute approximate surface area is 103 Å². The average Bonchev–Trinajstić information content (AvgIpc) is 2.77. The molecule has 0 aliphatic heterocycles. The Hall–Kier alpha value is -2.35. The average molecular weight is 235 g/mol. The Morgan fingerprint density at radius 2 is 1.67 bits per heavy atom. The molecule has 0 bridgehead atoms. The van der Waals surface area contributed by atoms with Crippen molar-refractivity contribution in [3.63, 3.8) is 0 Å². The first-order chi connectivity index (χ1) is 8.84. The van der Waals surface area contributed by atoms with Gasteiger partial charge < -0.3 is 4.98 Å². The van der Waals surface area contributed by atoms with Crippen molar-refractivity contribution < 1.29 is 4.39 Å². The van der Waals surface area contributed by atoms with Crippen molar-refractivity contribution in [2.45, 2.75) is 0 Å². The number of hydrogen-bond donors (Lipinski definition) is 1. The number of fused-ring (bicyclic) bond motifs is 5. The van der Waals surface area contributed by atoms with E-state index < -0.39 is 0 Å². The third-order valence-electron chi connectivity index (χ3n) is 3.47. The van der Waals surface area contributed by atoms with Gasteiger partial charge in [0.2, 0.25) is 0 Å². The first-order valence-corrected chi connectivity index (χ1v) is 5.92. The topological polar surface area (TPSA) is 15.8 Å². The zero-order valence-electron chi connectivity index (χ0n) is 9.57. The SMILES string of the molecule is Fc1cccc2ccc3c4ccccc4[nH]c3c12. The number of hydrogen-bond acceptors (Lipinski definition) is 0. The van der Waals surface area contributed by atoms with Crippen molar-refractivity contribution in [3.05, 3.63) is 60.4 Å². The van der Waals surface area contributed by atoms with Gasteiger partial charge >= 0.3 is 0 Å². The molecule has 2 heteroatoms. The molecular weight excluding hydrogens is 225 g/mol. The molecule has 1 aromatic heterocycles. The number of aromatic amines is 1. The Morgan fingerprint density at radius 3 is 2.61 bits per heavy atom. The van der Waals surface area contributed by atoms with Crippen LogP contribution in [0.15, 0.2) is 54.6 Å². The normalized spacial score (nSPS) is 11.6. The standard InChI is InChI=1S/C16H10FN/c17-13-6-3-4-10-8-9-12-11-5-1-2-7-14(11)18-16(12)15(10)13/h1-9,18H. The van der Waals surface area contributed by atoms with Crippen LogP contribution in [0.5, 0.6) is 0 Å². The molecule has 0 unspecified atom stereocenters. The third kappa shape index (κ3) is 1.15. The fourth-order valence-corrected chi connectivity index (χ4v) is 2.65. The third-order valence-corrected chi connectivity index (χ3v) is 3.47. The highest BCUT2D eigenvalue weighted by Gasteiger charge is 2.09. The molecule has 0 aliphatic rings. The van der Waals surface area contributed by atoms with Gasteiger partial charge in [0.25, 0.3) is 0 Å². The van der Waals surface area contributed by atoms with Crippen LogP contribution in [0.25, 0.3) is 32.6 Å². The van der Waals surface area contributed by atoms with Gasteiger partial charge in [-0.15, -0.1) is 0 Å². The van der Waals surface area contributed by atoms with E-state index >= 15 is 0 Å². The molecule has 4 rings (SSSR count). The highest BCUT2D eigenvalue weighted by Crippen LogP contribution is 2.32. The molecule has 0 saturated carbocycles. The molecule has 0 aliphatic carbocycles. The second-order valence-corrected chi connectivity index (χ2v) is 4.50. The number of aromatic nitrogens is 1. The van der Waals surface area contributed by atoms with Crippen LogP contribution in [0.4, 0.5) is 4.39 Å². The molecule has 4 aromatic rings. The lowest BCUT2D eigenvalue weighted by Gasteiger charge is -2.00. The molecule has 0 atom stereocenters. The van der Waals surface area contributed by atoms with E-state index in [0.29, 0.717) is 5.39 Å². The minimum Gasteiger partial charge on any atom is -0.354 e. The highest BCUT2D eigenvalue weighted by molar-refractivity contribution is 6.16. The number of rotatable bonds is 0. The van der Waals surface area contributed by atoms with E-state index in [2.05, 4.69) is 17.1 Å². The largest absolute Gasteiger partial charge is 0.354 e. The van der Waals surface area contributed by atoms with Gasteiger partial charge in [0.1, 0.15) is 5.82 Å². The van der Waals surface area contributed by atoms with Crippen molar-refractivity contribution in [1.29, 1.82) is 0 Å². The molecule has 0 radical (unpaired) electrons. The van der Waals surface area contributed by atoms with Crippen LogP contribution in [0, 0.1) is 5.82 Å².